The minimum absolute atomic E-state index is 0.0482. The zero-order valence-corrected chi connectivity index (χ0v) is 11.3. The third-order valence-corrected chi connectivity index (χ3v) is 2.87. The number of likely N-dealkylation sites (N-methyl/N-ethyl adjacent to an activating group) is 1. The van der Waals surface area contributed by atoms with Gasteiger partial charge in [0.2, 0.25) is 5.91 Å². The molecule has 0 bridgehead atoms. The van der Waals surface area contributed by atoms with Gasteiger partial charge in [0.25, 0.3) is 0 Å². The highest BCUT2D eigenvalue weighted by Gasteiger charge is 2.11. The van der Waals surface area contributed by atoms with E-state index in [9.17, 15) is 4.79 Å². The number of halogens is 1. The van der Waals surface area contributed by atoms with E-state index in [1.54, 1.807) is 25.1 Å². The van der Waals surface area contributed by atoms with Crippen LogP contribution >= 0.6 is 15.9 Å². The lowest BCUT2D eigenvalue weighted by Crippen LogP contribution is -2.37. The third-order valence-electron chi connectivity index (χ3n) is 2.22. The molecule has 1 aromatic carbocycles. The standard InChI is InChI=1S/C12H14BrN3O/c1-3-15-12(17)8(2)16-10-5-4-9(7-14)11(13)6-10/h4-6,8,16H,3H2,1-2H3,(H,15,17). The van der Waals surface area contributed by atoms with E-state index in [0.717, 1.165) is 5.69 Å². The highest BCUT2D eigenvalue weighted by molar-refractivity contribution is 9.10. The number of anilines is 1. The molecule has 17 heavy (non-hydrogen) atoms. The first-order valence-corrected chi connectivity index (χ1v) is 6.11. The van der Waals surface area contributed by atoms with E-state index >= 15 is 0 Å². The first kappa shape index (κ1) is 13.5. The molecule has 0 saturated carbocycles. The number of hydrogen-bond acceptors (Lipinski definition) is 3. The van der Waals surface area contributed by atoms with Crippen LogP contribution in [0.1, 0.15) is 19.4 Å². The maximum absolute atomic E-state index is 11.5. The molecule has 5 heteroatoms. The molecule has 0 aliphatic rings. The van der Waals surface area contributed by atoms with Gasteiger partial charge >= 0.3 is 0 Å². The first-order chi connectivity index (χ1) is 8.08. The molecule has 2 N–H and O–H groups in total. The van der Waals surface area contributed by atoms with Crippen molar-refractivity contribution >= 4 is 27.5 Å². The van der Waals surface area contributed by atoms with Gasteiger partial charge in [0, 0.05) is 16.7 Å². The van der Waals surface area contributed by atoms with Crippen LogP contribution in [0.3, 0.4) is 0 Å². The number of amides is 1. The Morgan fingerprint density at radius 3 is 2.82 bits per heavy atom. The maximum Gasteiger partial charge on any atom is 0.242 e. The normalized spacial score (nSPS) is 11.4. The molecule has 0 saturated heterocycles. The highest BCUT2D eigenvalue weighted by atomic mass is 79.9. The summed E-state index contributed by atoms with van der Waals surface area (Å²) in [5.41, 5.74) is 1.37. The van der Waals surface area contributed by atoms with Crippen molar-refractivity contribution in [2.45, 2.75) is 19.9 Å². The molecule has 1 amide bonds. The fourth-order valence-electron chi connectivity index (χ4n) is 1.34. The second kappa shape index (κ2) is 6.26. The van der Waals surface area contributed by atoms with Crippen molar-refractivity contribution in [2.24, 2.45) is 0 Å². The Balaban J connectivity index is 2.73. The van der Waals surface area contributed by atoms with Crippen LogP contribution < -0.4 is 10.6 Å². The van der Waals surface area contributed by atoms with Crippen molar-refractivity contribution in [3.8, 4) is 6.07 Å². The van der Waals surface area contributed by atoms with Crippen LogP contribution in [0.15, 0.2) is 22.7 Å². The van der Waals surface area contributed by atoms with E-state index in [0.29, 0.717) is 16.6 Å². The van der Waals surface area contributed by atoms with E-state index < -0.39 is 0 Å². The summed E-state index contributed by atoms with van der Waals surface area (Å²) in [7, 11) is 0. The van der Waals surface area contributed by atoms with Crippen molar-refractivity contribution in [1.82, 2.24) is 5.32 Å². The van der Waals surface area contributed by atoms with Crippen LogP contribution in [0.25, 0.3) is 0 Å². The Kier molecular flexibility index (Phi) is 4.98. The topological polar surface area (TPSA) is 64.9 Å². The first-order valence-electron chi connectivity index (χ1n) is 5.32. The van der Waals surface area contributed by atoms with E-state index in [4.69, 9.17) is 5.26 Å². The van der Waals surface area contributed by atoms with Gasteiger partial charge in [0.1, 0.15) is 12.1 Å². The molecule has 1 atom stereocenters. The maximum atomic E-state index is 11.5. The second-order valence-electron chi connectivity index (χ2n) is 3.57. The summed E-state index contributed by atoms with van der Waals surface area (Å²) in [6.07, 6.45) is 0. The van der Waals surface area contributed by atoms with Crippen molar-refractivity contribution in [3.63, 3.8) is 0 Å². The molecule has 0 spiro atoms. The predicted molar refractivity (Wildman–Crippen MR) is 70.6 cm³/mol. The summed E-state index contributed by atoms with van der Waals surface area (Å²) in [4.78, 5) is 11.5. The molecule has 1 unspecified atom stereocenters. The van der Waals surface area contributed by atoms with Gasteiger partial charge in [0.05, 0.1) is 5.56 Å². The number of nitrogens with zero attached hydrogens (tertiary/aromatic N) is 1. The Morgan fingerprint density at radius 1 is 1.59 bits per heavy atom. The molecule has 1 aromatic rings. The number of carbonyl (C=O) groups is 1. The summed E-state index contributed by atoms with van der Waals surface area (Å²) < 4.78 is 0.716. The molecule has 0 fully saturated rings. The quantitative estimate of drug-likeness (QED) is 0.895. The molecule has 1 rings (SSSR count). The summed E-state index contributed by atoms with van der Waals surface area (Å²) >= 11 is 3.30. The third kappa shape index (κ3) is 3.75. The van der Waals surface area contributed by atoms with Gasteiger partial charge in [-0.25, -0.2) is 0 Å². The molecule has 4 nitrogen and oxygen atoms in total. The molecule has 0 aliphatic heterocycles. The van der Waals surface area contributed by atoms with Crippen LogP contribution in [0.4, 0.5) is 5.69 Å². The van der Waals surface area contributed by atoms with Gasteiger partial charge in [-0.1, -0.05) is 0 Å². The van der Waals surface area contributed by atoms with Crippen LogP contribution in [0, 0.1) is 11.3 Å². The predicted octanol–water partition coefficient (Wildman–Crippen LogP) is 2.26. The summed E-state index contributed by atoms with van der Waals surface area (Å²) in [5, 5.41) is 14.6. The number of nitrogens with one attached hydrogen (secondary N) is 2. The molecular formula is C12H14BrN3O. The van der Waals surface area contributed by atoms with Crippen molar-refractivity contribution in [3.05, 3.63) is 28.2 Å². The number of hydrogen-bond donors (Lipinski definition) is 2. The Labute approximate surface area is 109 Å². The van der Waals surface area contributed by atoms with E-state index in [2.05, 4.69) is 32.6 Å². The lowest BCUT2D eigenvalue weighted by atomic mass is 10.2. The van der Waals surface area contributed by atoms with Gasteiger partial charge in [-0.3, -0.25) is 4.79 Å². The van der Waals surface area contributed by atoms with Crippen molar-refractivity contribution in [1.29, 1.82) is 5.26 Å². The van der Waals surface area contributed by atoms with Gasteiger partial charge < -0.3 is 10.6 Å². The molecule has 0 aromatic heterocycles. The van der Waals surface area contributed by atoms with Crippen LogP contribution in [0.2, 0.25) is 0 Å². The molecule has 0 heterocycles. The van der Waals surface area contributed by atoms with E-state index in [-0.39, 0.29) is 11.9 Å². The number of carbonyl (C=O) groups excluding carboxylic acids is 1. The van der Waals surface area contributed by atoms with Gasteiger partial charge in [0.15, 0.2) is 0 Å². The number of rotatable bonds is 4. The SMILES string of the molecule is CCNC(=O)C(C)Nc1ccc(C#N)c(Br)c1. The molecule has 0 radical (unpaired) electrons. The minimum Gasteiger partial charge on any atom is -0.374 e. The highest BCUT2D eigenvalue weighted by Crippen LogP contribution is 2.21. The molecular weight excluding hydrogens is 282 g/mol. The molecule has 90 valence electrons. The Morgan fingerprint density at radius 2 is 2.29 bits per heavy atom. The summed E-state index contributed by atoms with van der Waals surface area (Å²) in [6, 6.07) is 7.02. The fourth-order valence-corrected chi connectivity index (χ4v) is 1.81. The van der Waals surface area contributed by atoms with Gasteiger partial charge in [-0.15, -0.1) is 0 Å². The average molecular weight is 296 g/mol. The van der Waals surface area contributed by atoms with Crippen LogP contribution in [-0.2, 0) is 4.79 Å². The van der Waals surface area contributed by atoms with E-state index in [1.165, 1.54) is 0 Å². The summed E-state index contributed by atoms with van der Waals surface area (Å²) in [5.74, 6) is -0.0482. The van der Waals surface area contributed by atoms with Crippen LogP contribution in [0.5, 0.6) is 0 Å². The number of benzene rings is 1. The van der Waals surface area contributed by atoms with Gasteiger partial charge in [-0.2, -0.15) is 5.26 Å². The van der Waals surface area contributed by atoms with Gasteiger partial charge in [-0.05, 0) is 48.0 Å². The lowest BCUT2D eigenvalue weighted by Gasteiger charge is -2.14. The fraction of sp³-hybridized carbons (Fsp3) is 0.333. The zero-order valence-electron chi connectivity index (χ0n) is 9.75. The second-order valence-corrected chi connectivity index (χ2v) is 4.42. The Bertz CT molecular complexity index is 454. The zero-order chi connectivity index (χ0) is 12.8. The smallest absolute Gasteiger partial charge is 0.242 e. The monoisotopic (exact) mass is 295 g/mol. The minimum atomic E-state index is -0.310. The summed E-state index contributed by atoms with van der Waals surface area (Å²) in [6.45, 7) is 4.28. The Hall–Kier alpha value is -1.54. The lowest BCUT2D eigenvalue weighted by molar-refractivity contribution is -0.121. The molecule has 0 aliphatic carbocycles. The number of nitriles is 1. The largest absolute Gasteiger partial charge is 0.374 e. The van der Waals surface area contributed by atoms with E-state index in [1.807, 2.05) is 6.92 Å². The van der Waals surface area contributed by atoms with Crippen molar-refractivity contribution in [2.75, 3.05) is 11.9 Å². The van der Waals surface area contributed by atoms with Crippen molar-refractivity contribution < 1.29 is 4.79 Å². The van der Waals surface area contributed by atoms with Crippen LogP contribution in [-0.4, -0.2) is 18.5 Å². The average Bonchev–Trinajstić information content (AvgIpc) is 2.29.